The molecule has 2 aliphatic rings. The fourth-order valence-corrected chi connectivity index (χ4v) is 11.0. The summed E-state index contributed by atoms with van der Waals surface area (Å²) in [6.45, 7) is 18.2. The average Bonchev–Trinajstić information content (AvgIpc) is 3.75. The molecule has 0 saturated heterocycles. The van der Waals surface area contributed by atoms with Crippen molar-refractivity contribution in [3.63, 3.8) is 0 Å². The summed E-state index contributed by atoms with van der Waals surface area (Å²) in [5, 5.41) is 2.32. The number of fused-ring (bicyclic) bond motifs is 5. The second-order valence-electron chi connectivity index (χ2n) is 19.2. The number of rotatable bonds is 8. The largest absolute Gasteiger partial charge is 2.00 e. The topological polar surface area (TPSA) is 42.6 Å². The van der Waals surface area contributed by atoms with E-state index >= 15 is 0 Å². The van der Waals surface area contributed by atoms with Crippen molar-refractivity contribution in [1.82, 2.24) is 9.55 Å². The van der Waals surface area contributed by atoms with Crippen molar-refractivity contribution in [3.8, 4) is 28.3 Å². The van der Waals surface area contributed by atoms with Gasteiger partial charge in [0.1, 0.15) is 5.65 Å². The molecule has 0 spiro atoms. The number of para-hydroxylation sites is 2. The molecule has 0 bridgehead atoms. The first-order valence-electron chi connectivity index (χ1n) is 22.7. The van der Waals surface area contributed by atoms with Gasteiger partial charge in [-0.3, -0.25) is 0 Å². The van der Waals surface area contributed by atoms with Crippen LogP contribution in [0.1, 0.15) is 85.0 Å². The molecule has 1 atom stereocenters. The van der Waals surface area contributed by atoms with Crippen LogP contribution in [0, 0.1) is 32.9 Å². The number of aryl methyl sites for hydroxylation is 3. The third-order valence-corrected chi connectivity index (χ3v) is 14.5. The Hall–Kier alpha value is -6.55. The normalized spacial score (nSPS) is 16.9. The summed E-state index contributed by atoms with van der Waals surface area (Å²) in [5.74, 6) is 2.04. The Bertz CT molecular complexity index is 3290. The van der Waals surface area contributed by atoms with Crippen molar-refractivity contribution in [2.45, 2.75) is 77.8 Å². The van der Waals surface area contributed by atoms with E-state index < -0.39 is 11.1 Å². The van der Waals surface area contributed by atoms with E-state index in [9.17, 15) is 0 Å². The predicted molar refractivity (Wildman–Crippen MR) is 267 cm³/mol. The molecule has 11 rings (SSSR count). The third-order valence-electron chi connectivity index (χ3n) is 14.5. The summed E-state index contributed by atoms with van der Waals surface area (Å²) in [5.41, 5.74) is 14.0. The van der Waals surface area contributed by atoms with E-state index in [1.807, 2.05) is 12.3 Å². The Morgan fingerprint density at radius 1 is 0.591 bits per heavy atom. The number of benzene rings is 7. The molecular weight excluding hydrogens is 988 g/mol. The molecular formula is C60H52N4OPt. The average molecular weight is 1040 g/mol. The fraction of sp³-hybridized carbons (Fsp3) is 0.200. The Balaban J connectivity index is 0.00000511. The monoisotopic (exact) mass is 1040 g/mol. The van der Waals surface area contributed by atoms with Crippen molar-refractivity contribution >= 4 is 33.5 Å². The second kappa shape index (κ2) is 16.1. The van der Waals surface area contributed by atoms with E-state index in [0.29, 0.717) is 11.5 Å². The SMILES string of the molecule is Cc1cc2c([c-]c1Oc1[c-]c(C3=NC(C)(C)[C@](C)(C(c4ccccc4)c4ccccc4)N3c3c(C)cccc3C)cc(-c3ccccc3)c1)-n1c3ncccc3c3cccc(c31)C2(C)C.[Pt+2]. The number of ether oxygens (including phenoxy) is 1. The van der Waals surface area contributed by atoms with Gasteiger partial charge in [-0.25, -0.2) is 4.98 Å². The van der Waals surface area contributed by atoms with E-state index in [4.69, 9.17) is 14.7 Å². The minimum Gasteiger partial charge on any atom is -0.503 e. The van der Waals surface area contributed by atoms with Crippen molar-refractivity contribution in [2.24, 2.45) is 4.99 Å². The van der Waals surface area contributed by atoms with E-state index in [1.165, 1.54) is 44.3 Å². The minimum atomic E-state index is -0.593. The maximum atomic E-state index is 7.14. The molecule has 4 heterocycles. The molecule has 2 aromatic heterocycles. The van der Waals surface area contributed by atoms with Crippen molar-refractivity contribution in [2.75, 3.05) is 4.90 Å². The first kappa shape index (κ1) is 43.3. The molecule has 0 amide bonds. The molecule has 7 aromatic carbocycles. The second-order valence-corrected chi connectivity index (χ2v) is 19.2. The zero-order valence-electron chi connectivity index (χ0n) is 38.7. The molecule has 0 unspecified atom stereocenters. The summed E-state index contributed by atoms with van der Waals surface area (Å²) in [7, 11) is 0. The van der Waals surface area contributed by atoms with Crippen LogP contribution in [-0.2, 0) is 26.5 Å². The molecule has 328 valence electrons. The molecule has 9 aromatic rings. The van der Waals surface area contributed by atoms with Crippen LogP contribution in [0.25, 0.3) is 38.8 Å². The number of anilines is 1. The fourth-order valence-electron chi connectivity index (χ4n) is 11.0. The van der Waals surface area contributed by atoms with Crippen molar-refractivity contribution in [1.29, 1.82) is 0 Å². The molecule has 0 radical (unpaired) electrons. The van der Waals surface area contributed by atoms with Gasteiger partial charge in [-0.1, -0.05) is 172 Å². The van der Waals surface area contributed by atoms with Crippen LogP contribution < -0.4 is 9.64 Å². The summed E-state index contributed by atoms with van der Waals surface area (Å²) < 4.78 is 9.43. The van der Waals surface area contributed by atoms with Crippen molar-refractivity contribution < 1.29 is 25.8 Å². The van der Waals surface area contributed by atoms with Gasteiger partial charge in [0, 0.05) is 40.1 Å². The van der Waals surface area contributed by atoms with Gasteiger partial charge in [0.2, 0.25) is 0 Å². The maximum absolute atomic E-state index is 7.14. The van der Waals surface area contributed by atoms with Gasteiger partial charge in [-0.05, 0) is 85.5 Å². The number of aromatic nitrogens is 2. The summed E-state index contributed by atoms with van der Waals surface area (Å²) >= 11 is 0. The number of hydrogen-bond donors (Lipinski definition) is 0. The summed E-state index contributed by atoms with van der Waals surface area (Å²) in [6.07, 6.45) is 1.88. The van der Waals surface area contributed by atoms with Crippen LogP contribution in [0.15, 0.2) is 169 Å². The number of aliphatic imine (C=N–C) groups is 1. The Kier molecular flexibility index (Phi) is 10.6. The van der Waals surface area contributed by atoms with Crippen LogP contribution in [0.3, 0.4) is 0 Å². The van der Waals surface area contributed by atoms with Gasteiger partial charge in [0.05, 0.1) is 22.4 Å². The zero-order valence-corrected chi connectivity index (χ0v) is 41.0. The minimum absolute atomic E-state index is 0. The van der Waals surface area contributed by atoms with Crippen LogP contribution in [-0.4, -0.2) is 26.5 Å². The predicted octanol–water partition coefficient (Wildman–Crippen LogP) is 14.4. The smallest absolute Gasteiger partial charge is 0.503 e. The third kappa shape index (κ3) is 6.61. The van der Waals surface area contributed by atoms with Crippen molar-refractivity contribution in [3.05, 3.63) is 221 Å². The molecule has 0 N–H and O–H groups in total. The Morgan fingerprint density at radius 3 is 1.88 bits per heavy atom. The van der Waals surface area contributed by atoms with Crippen LogP contribution >= 0.6 is 0 Å². The van der Waals surface area contributed by atoms with Crippen LogP contribution in [0.5, 0.6) is 11.5 Å². The van der Waals surface area contributed by atoms with Gasteiger partial charge >= 0.3 is 21.1 Å². The van der Waals surface area contributed by atoms with E-state index in [2.05, 4.69) is 229 Å². The molecule has 0 aliphatic carbocycles. The number of pyridine rings is 1. The van der Waals surface area contributed by atoms with E-state index in [1.54, 1.807) is 0 Å². The number of hydrogen-bond acceptors (Lipinski definition) is 4. The molecule has 5 nitrogen and oxygen atoms in total. The van der Waals surface area contributed by atoms with E-state index in [0.717, 1.165) is 50.5 Å². The van der Waals surface area contributed by atoms with Gasteiger partial charge in [0.15, 0.2) is 0 Å². The molecule has 2 aliphatic heterocycles. The number of nitrogens with zero attached hydrogens (tertiary/aromatic N) is 4. The quantitative estimate of drug-likeness (QED) is 0.142. The zero-order chi connectivity index (χ0) is 44.8. The maximum Gasteiger partial charge on any atom is 2.00 e. The van der Waals surface area contributed by atoms with Gasteiger partial charge in [-0.2, -0.15) is 6.07 Å². The Morgan fingerprint density at radius 2 is 1.21 bits per heavy atom. The Labute approximate surface area is 403 Å². The number of amidine groups is 1. The van der Waals surface area contributed by atoms with Crippen LogP contribution in [0.2, 0.25) is 0 Å². The molecule has 0 fully saturated rings. The summed E-state index contributed by atoms with van der Waals surface area (Å²) in [4.78, 5) is 13.3. The summed E-state index contributed by atoms with van der Waals surface area (Å²) in [6, 6.07) is 64.1. The standard InChI is InChI=1S/C60H52N4O.Pt/c1-38-21-18-22-39(2)54(38)64-56(62-59(6,7)60(64,8)53(42-25-14-10-15-26-42)43-27-16-11-17-28-43)45-34-44(41-23-12-9-13-24-41)35-46(36-45)65-52-37-51-50(33-40(52)3)58(4,5)49-31-19-29-47-48-30-20-32-61-57(48)63(51)55(47)49;/h9-35,53H,1-8H3;/q-2;+2/t60-;/m0./s1. The van der Waals surface area contributed by atoms with E-state index in [-0.39, 0.29) is 32.4 Å². The first-order valence-corrected chi connectivity index (χ1v) is 22.7. The van der Waals surface area contributed by atoms with Gasteiger partial charge < -0.3 is 19.2 Å². The first-order chi connectivity index (χ1) is 31.4. The van der Waals surface area contributed by atoms with Gasteiger partial charge in [-0.15, -0.1) is 28.8 Å². The van der Waals surface area contributed by atoms with Gasteiger partial charge in [0.25, 0.3) is 0 Å². The molecule has 66 heavy (non-hydrogen) atoms. The molecule has 6 heteroatoms. The molecule has 0 saturated carbocycles. The van der Waals surface area contributed by atoms with Crippen LogP contribution in [0.4, 0.5) is 5.69 Å².